The molecule has 0 aliphatic rings. The van der Waals surface area contributed by atoms with Crippen molar-refractivity contribution in [3.8, 4) is 45.6 Å². The molecule has 0 bridgehead atoms. The summed E-state index contributed by atoms with van der Waals surface area (Å²) < 4.78 is 95.5. The molecule has 4 heterocycles. The predicted molar refractivity (Wildman–Crippen MR) is 234 cm³/mol. The average Bonchev–Trinajstić information content (AvgIpc) is 4.07. The predicted octanol–water partition coefficient (Wildman–Crippen LogP) is 8.31. The molecule has 314 valence electrons. The first kappa shape index (κ1) is 41.7. The summed E-state index contributed by atoms with van der Waals surface area (Å²) in [6, 6.07) is 35.2. The molecule has 0 aliphatic carbocycles. The molecule has 62 heavy (non-hydrogen) atoms. The first-order chi connectivity index (χ1) is 29.5. The molecule has 20 heteroatoms. The number of imidazole rings is 4. The van der Waals surface area contributed by atoms with Gasteiger partial charge in [-0.2, -0.15) is 25.3 Å². The summed E-state index contributed by atoms with van der Waals surface area (Å²) in [5, 5.41) is 0. The standard InChI is InChI=1S/C20H14N4O6S2.C20H14N4O3S.C2H6/c25-31(26,27)13-5-7-15-17(9-13)23-19(21-15)11-1-2-12(4-3-11)20-22-16-8-6-14(32(28,29)30)10-18(16)24-20;25-28(26,27)14-9-10-17-18(11-14)24-20(23-17)13-7-5-12(6-8-13)19-21-15-3-1-2-4-16(15)22-19;1-2/h1-10H,(H,21,23)(H,22,24)(H,25,26,27)(H,28,29,30);1-11H,(H,21,22)(H,23,24)(H,25,26,27);1-2H3. The van der Waals surface area contributed by atoms with Crippen LogP contribution in [0.25, 0.3) is 89.7 Å². The molecule has 0 spiro atoms. The minimum atomic E-state index is -4.31. The van der Waals surface area contributed by atoms with Crippen LogP contribution in [0.3, 0.4) is 0 Å². The highest BCUT2D eigenvalue weighted by Crippen LogP contribution is 2.29. The third-order valence-corrected chi connectivity index (χ3v) is 12.1. The Kier molecular flexibility index (Phi) is 10.8. The van der Waals surface area contributed by atoms with Gasteiger partial charge in [-0.15, -0.1) is 0 Å². The van der Waals surface area contributed by atoms with Gasteiger partial charge in [0.25, 0.3) is 30.4 Å². The maximum Gasteiger partial charge on any atom is 0.294 e. The number of nitrogens with one attached hydrogen (secondary N) is 4. The second-order valence-corrected chi connectivity index (χ2v) is 17.7. The second-order valence-electron chi connectivity index (χ2n) is 13.5. The molecule has 0 aliphatic heterocycles. The van der Waals surface area contributed by atoms with Crippen LogP contribution >= 0.6 is 0 Å². The minimum Gasteiger partial charge on any atom is -0.338 e. The molecule has 6 aromatic carbocycles. The van der Waals surface area contributed by atoms with E-state index in [2.05, 4.69) is 39.9 Å². The fourth-order valence-corrected chi connectivity index (χ4v) is 8.04. The number of benzene rings is 6. The zero-order chi connectivity index (χ0) is 44.0. The van der Waals surface area contributed by atoms with Gasteiger partial charge >= 0.3 is 0 Å². The Morgan fingerprint density at radius 2 is 0.613 bits per heavy atom. The van der Waals surface area contributed by atoms with E-state index in [1.165, 1.54) is 48.5 Å². The van der Waals surface area contributed by atoms with Crippen LogP contribution in [0.1, 0.15) is 13.8 Å². The Morgan fingerprint density at radius 3 is 0.887 bits per heavy atom. The van der Waals surface area contributed by atoms with Crippen LogP contribution in [-0.4, -0.2) is 78.8 Å². The molecule has 0 amide bonds. The Bertz CT molecular complexity index is 3470. The maximum atomic E-state index is 11.3. The van der Waals surface area contributed by atoms with Crippen LogP contribution < -0.4 is 0 Å². The number of hydrogen-bond donors (Lipinski definition) is 7. The molecule has 4 aromatic heterocycles. The number of H-pyrrole nitrogens is 4. The summed E-state index contributed by atoms with van der Waals surface area (Å²) in [5.74, 6) is 2.43. The summed E-state index contributed by atoms with van der Waals surface area (Å²) in [6.07, 6.45) is 0. The Morgan fingerprint density at radius 1 is 0.355 bits per heavy atom. The van der Waals surface area contributed by atoms with Gasteiger partial charge in [0.15, 0.2) is 0 Å². The molecule has 0 fully saturated rings. The van der Waals surface area contributed by atoms with Crippen LogP contribution in [0.5, 0.6) is 0 Å². The highest BCUT2D eigenvalue weighted by molar-refractivity contribution is 7.86. The molecule has 0 atom stereocenters. The summed E-state index contributed by atoms with van der Waals surface area (Å²) in [6.45, 7) is 4.00. The van der Waals surface area contributed by atoms with E-state index in [0.29, 0.717) is 50.6 Å². The van der Waals surface area contributed by atoms with Gasteiger partial charge in [0.1, 0.15) is 23.3 Å². The van der Waals surface area contributed by atoms with Crippen molar-refractivity contribution in [2.75, 3.05) is 0 Å². The van der Waals surface area contributed by atoms with E-state index < -0.39 is 30.4 Å². The van der Waals surface area contributed by atoms with E-state index in [9.17, 15) is 38.9 Å². The first-order valence-corrected chi connectivity index (χ1v) is 23.0. The Hall–Kier alpha value is -7.07. The summed E-state index contributed by atoms with van der Waals surface area (Å²) in [4.78, 5) is 29.8. The number of nitrogens with zero attached hydrogens (tertiary/aromatic N) is 4. The molecule has 0 saturated carbocycles. The van der Waals surface area contributed by atoms with Crippen molar-refractivity contribution >= 4 is 74.5 Å². The van der Waals surface area contributed by atoms with Crippen LogP contribution in [0.2, 0.25) is 0 Å². The van der Waals surface area contributed by atoms with E-state index in [4.69, 9.17) is 0 Å². The lowest BCUT2D eigenvalue weighted by Crippen LogP contribution is -1.97. The SMILES string of the molecule is CC.O=S(=O)(O)c1ccc2nc(-c3ccc(-c4nc5ccc(S(=O)(=O)O)cc5[nH]4)cc3)[nH]c2c1.O=S(=O)(O)c1ccc2nc(-c3ccc(-c4nc5ccccc5[nH]4)cc3)[nH]c2c1. The third kappa shape index (κ3) is 8.59. The van der Waals surface area contributed by atoms with Gasteiger partial charge < -0.3 is 19.9 Å². The van der Waals surface area contributed by atoms with Gasteiger partial charge in [-0.3, -0.25) is 13.7 Å². The van der Waals surface area contributed by atoms with Gasteiger partial charge in [-0.25, -0.2) is 19.9 Å². The van der Waals surface area contributed by atoms with Crippen molar-refractivity contribution in [2.45, 2.75) is 28.5 Å². The molecular formula is C42H34N8O9S3. The molecule has 0 unspecified atom stereocenters. The molecule has 0 saturated heterocycles. The van der Waals surface area contributed by atoms with Gasteiger partial charge in [-0.1, -0.05) is 74.5 Å². The lowest BCUT2D eigenvalue weighted by Gasteiger charge is -1.99. The highest BCUT2D eigenvalue weighted by atomic mass is 32.2. The third-order valence-electron chi connectivity index (χ3n) is 9.51. The lowest BCUT2D eigenvalue weighted by atomic mass is 10.1. The van der Waals surface area contributed by atoms with E-state index in [1.54, 1.807) is 30.3 Å². The number of para-hydroxylation sites is 2. The van der Waals surface area contributed by atoms with Crippen LogP contribution in [-0.2, 0) is 30.4 Å². The van der Waals surface area contributed by atoms with E-state index in [0.717, 1.165) is 39.1 Å². The molecule has 0 radical (unpaired) electrons. The van der Waals surface area contributed by atoms with E-state index in [-0.39, 0.29) is 14.7 Å². The number of fused-ring (bicyclic) bond motifs is 4. The smallest absolute Gasteiger partial charge is 0.294 e. The van der Waals surface area contributed by atoms with Gasteiger partial charge in [0.2, 0.25) is 0 Å². The fraction of sp³-hybridized carbons (Fsp3) is 0.0476. The van der Waals surface area contributed by atoms with Crippen molar-refractivity contribution in [3.05, 3.63) is 127 Å². The van der Waals surface area contributed by atoms with Crippen LogP contribution in [0, 0.1) is 0 Å². The van der Waals surface area contributed by atoms with Gasteiger partial charge in [0, 0.05) is 22.3 Å². The Balaban J connectivity index is 0.000000165. The zero-order valence-electron chi connectivity index (χ0n) is 32.4. The van der Waals surface area contributed by atoms with Crippen LogP contribution in [0.15, 0.2) is 142 Å². The topological polar surface area (TPSA) is 278 Å². The summed E-state index contributed by atoms with van der Waals surface area (Å²) in [5.41, 5.74) is 8.33. The summed E-state index contributed by atoms with van der Waals surface area (Å²) >= 11 is 0. The van der Waals surface area contributed by atoms with Crippen LogP contribution in [0.4, 0.5) is 0 Å². The molecular weight excluding hydrogens is 857 g/mol. The maximum absolute atomic E-state index is 11.3. The van der Waals surface area contributed by atoms with Gasteiger partial charge in [-0.05, 0) is 66.7 Å². The molecule has 10 rings (SSSR count). The normalized spacial score (nSPS) is 12.0. The largest absolute Gasteiger partial charge is 0.338 e. The number of hydrogen-bond acceptors (Lipinski definition) is 10. The van der Waals surface area contributed by atoms with Gasteiger partial charge in [0.05, 0.1) is 58.8 Å². The first-order valence-electron chi connectivity index (χ1n) is 18.6. The van der Waals surface area contributed by atoms with Crippen molar-refractivity contribution < 1.29 is 38.9 Å². The zero-order valence-corrected chi connectivity index (χ0v) is 34.9. The highest BCUT2D eigenvalue weighted by Gasteiger charge is 2.16. The molecule has 7 N–H and O–H groups in total. The van der Waals surface area contributed by atoms with Crippen molar-refractivity contribution in [1.82, 2.24) is 39.9 Å². The summed E-state index contributed by atoms with van der Waals surface area (Å²) in [7, 11) is -12.9. The quantitative estimate of drug-likeness (QED) is 0.0742. The van der Waals surface area contributed by atoms with Crippen molar-refractivity contribution in [3.63, 3.8) is 0 Å². The number of aromatic amines is 4. The molecule has 10 aromatic rings. The van der Waals surface area contributed by atoms with E-state index >= 15 is 0 Å². The Labute approximate surface area is 353 Å². The fourth-order valence-electron chi connectivity index (χ4n) is 6.52. The van der Waals surface area contributed by atoms with Crippen molar-refractivity contribution in [1.29, 1.82) is 0 Å². The van der Waals surface area contributed by atoms with Crippen molar-refractivity contribution in [2.24, 2.45) is 0 Å². The number of aromatic nitrogens is 8. The second kappa shape index (κ2) is 16.1. The minimum absolute atomic E-state index is 0.171. The number of rotatable bonds is 7. The lowest BCUT2D eigenvalue weighted by molar-refractivity contribution is 0.481. The monoisotopic (exact) mass is 890 g/mol. The molecule has 17 nitrogen and oxygen atoms in total. The average molecular weight is 891 g/mol. The van der Waals surface area contributed by atoms with E-state index in [1.807, 2.05) is 62.4 Å².